The van der Waals surface area contributed by atoms with Crippen molar-refractivity contribution in [2.24, 2.45) is 13.0 Å². The zero-order valence-electron chi connectivity index (χ0n) is 8.60. The molecule has 1 N–H and O–H groups in total. The first-order valence-electron chi connectivity index (χ1n) is 4.95. The molecule has 4 nitrogen and oxygen atoms in total. The van der Waals surface area contributed by atoms with E-state index in [1.54, 1.807) is 18.1 Å². The van der Waals surface area contributed by atoms with Gasteiger partial charge in [0, 0.05) is 18.8 Å². The Morgan fingerprint density at radius 3 is 3.00 bits per heavy atom. The fourth-order valence-corrected chi connectivity index (χ4v) is 2.66. The summed E-state index contributed by atoms with van der Waals surface area (Å²) < 4.78 is 1.82. The number of hydrogen-bond acceptors (Lipinski definition) is 4. The zero-order valence-corrected chi connectivity index (χ0v) is 9.42. The van der Waals surface area contributed by atoms with Gasteiger partial charge >= 0.3 is 0 Å². The second kappa shape index (κ2) is 4.31. The first-order chi connectivity index (χ1) is 6.81. The highest BCUT2D eigenvalue weighted by Gasteiger charge is 2.30. The van der Waals surface area contributed by atoms with Crippen molar-refractivity contribution in [3.05, 3.63) is 6.33 Å². The summed E-state index contributed by atoms with van der Waals surface area (Å²) >= 11 is 1.78. The lowest BCUT2D eigenvalue weighted by Gasteiger charge is -2.13. The number of nitrogens with one attached hydrogen (secondary N) is 1. The summed E-state index contributed by atoms with van der Waals surface area (Å²) in [5, 5.41) is 8.42. The molecule has 0 spiro atoms. The van der Waals surface area contributed by atoms with Gasteiger partial charge in [0.15, 0.2) is 5.16 Å². The molecule has 14 heavy (non-hydrogen) atoms. The molecule has 0 aromatic carbocycles. The Kier molecular flexibility index (Phi) is 3.08. The number of aryl methyl sites for hydroxylation is 1. The Morgan fingerprint density at radius 2 is 2.50 bits per heavy atom. The van der Waals surface area contributed by atoms with E-state index in [1.165, 1.54) is 12.8 Å². The third kappa shape index (κ3) is 2.27. The Balaban J connectivity index is 1.83. The van der Waals surface area contributed by atoms with Crippen LogP contribution in [0.3, 0.4) is 0 Å². The average Bonchev–Trinajstić information content (AvgIpc) is 2.93. The van der Waals surface area contributed by atoms with Crippen molar-refractivity contribution in [2.75, 3.05) is 12.8 Å². The Morgan fingerprint density at radius 1 is 1.71 bits per heavy atom. The predicted octanol–water partition coefficient (Wildman–Crippen LogP) is 0.905. The molecule has 1 aromatic rings. The maximum absolute atomic E-state index is 4.19. The van der Waals surface area contributed by atoms with Crippen LogP contribution in [0.15, 0.2) is 11.5 Å². The highest BCUT2D eigenvalue weighted by molar-refractivity contribution is 7.99. The van der Waals surface area contributed by atoms with Gasteiger partial charge in [0.1, 0.15) is 6.33 Å². The molecular weight excluding hydrogens is 196 g/mol. The number of hydrogen-bond donors (Lipinski definition) is 1. The monoisotopic (exact) mass is 212 g/mol. The van der Waals surface area contributed by atoms with Crippen LogP contribution in [0.25, 0.3) is 0 Å². The second-order valence-corrected chi connectivity index (χ2v) is 4.70. The first-order valence-corrected chi connectivity index (χ1v) is 5.94. The highest BCUT2D eigenvalue weighted by atomic mass is 32.2. The average molecular weight is 212 g/mol. The highest BCUT2D eigenvalue weighted by Crippen LogP contribution is 2.34. The number of thioether (sulfide) groups is 1. The fourth-order valence-electron chi connectivity index (χ4n) is 1.53. The molecule has 0 radical (unpaired) electrons. The molecule has 78 valence electrons. The van der Waals surface area contributed by atoms with Crippen molar-refractivity contribution in [1.29, 1.82) is 0 Å². The van der Waals surface area contributed by atoms with Gasteiger partial charge in [-0.1, -0.05) is 11.8 Å². The van der Waals surface area contributed by atoms with Crippen molar-refractivity contribution in [3.8, 4) is 0 Å². The standard InChI is InChI=1S/C9H16N4S/c1-10-8(7-3-4-7)5-14-9-11-6-12-13(9)2/h6-8,10H,3-5H2,1-2H3. The van der Waals surface area contributed by atoms with Crippen molar-refractivity contribution < 1.29 is 0 Å². The summed E-state index contributed by atoms with van der Waals surface area (Å²) in [6.45, 7) is 0. The molecule has 2 rings (SSSR count). The predicted molar refractivity (Wildman–Crippen MR) is 57.3 cm³/mol. The van der Waals surface area contributed by atoms with Gasteiger partial charge in [-0.2, -0.15) is 5.10 Å². The fraction of sp³-hybridized carbons (Fsp3) is 0.778. The molecule has 0 aliphatic heterocycles. The lowest BCUT2D eigenvalue weighted by molar-refractivity contribution is 0.552. The normalized spacial score (nSPS) is 18.4. The molecule has 1 aromatic heterocycles. The van der Waals surface area contributed by atoms with Gasteiger partial charge in [-0.15, -0.1) is 0 Å². The molecule has 1 aliphatic rings. The smallest absolute Gasteiger partial charge is 0.185 e. The summed E-state index contributed by atoms with van der Waals surface area (Å²) in [6, 6.07) is 0.636. The van der Waals surface area contributed by atoms with Gasteiger partial charge in [0.2, 0.25) is 0 Å². The second-order valence-electron chi connectivity index (χ2n) is 3.71. The van der Waals surface area contributed by atoms with Gasteiger partial charge in [-0.05, 0) is 25.8 Å². The molecule has 1 unspecified atom stereocenters. The topological polar surface area (TPSA) is 42.7 Å². The van der Waals surface area contributed by atoms with Crippen LogP contribution in [0.4, 0.5) is 0 Å². The maximum atomic E-state index is 4.19. The van der Waals surface area contributed by atoms with E-state index >= 15 is 0 Å². The Bertz CT molecular complexity index is 295. The Hall–Kier alpha value is -0.550. The van der Waals surface area contributed by atoms with Crippen LogP contribution in [-0.2, 0) is 7.05 Å². The summed E-state index contributed by atoms with van der Waals surface area (Å²) in [5.41, 5.74) is 0. The van der Waals surface area contributed by atoms with E-state index < -0.39 is 0 Å². The lowest BCUT2D eigenvalue weighted by atomic mass is 10.2. The van der Waals surface area contributed by atoms with Crippen LogP contribution in [0, 0.1) is 5.92 Å². The van der Waals surface area contributed by atoms with E-state index in [0.29, 0.717) is 6.04 Å². The van der Waals surface area contributed by atoms with Gasteiger partial charge < -0.3 is 5.32 Å². The Labute approximate surface area is 88.5 Å². The minimum Gasteiger partial charge on any atom is -0.316 e. The number of aromatic nitrogens is 3. The van der Waals surface area contributed by atoms with E-state index in [9.17, 15) is 0 Å². The van der Waals surface area contributed by atoms with Crippen molar-refractivity contribution >= 4 is 11.8 Å². The third-order valence-corrected chi connectivity index (χ3v) is 3.78. The lowest BCUT2D eigenvalue weighted by Crippen LogP contribution is -2.29. The van der Waals surface area contributed by atoms with Crippen LogP contribution >= 0.6 is 11.8 Å². The minimum absolute atomic E-state index is 0.636. The quantitative estimate of drug-likeness (QED) is 0.737. The third-order valence-electron chi connectivity index (χ3n) is 2.62. The van der Waals surface area contributed by atoms with Crippen molar-refractivity contribution in [2.45, 2.75) is 24.0 Å². The molecular formula is C9H16N4S. The van der Waals surface area contributed by atoms with E-state index in [1.807, 2.05) is 18.8 Å². The van der Waals surface area contributed by atoms with E-state index in [0.717, 1.165) is 16.8 Å². The summed E-state index contributed by atoms with van der Waals surface area (Å²) in [6.07, 6.45) is 4.36. The molecule has 1 aliphatic carbocycles. The SMILES string of the molecule is CNC(CSc1ncnn1C)C1CC1. The molecule has 0 bridgehead atoms. The molecule has 1 fully saturated rings. The largest absolute Gasteiger partial charge is 0.316 e. The number of rotatable bonds is 5. The summed E-state index contributed by atoms with van der Waals surface area (Å²) in [5.74, 6) is 1.98. The molecule has 1 heterocycles. The molecule has 5 heteroatoms. The molecule has 1 saturated carbocycles. The van der Waals surface area contributed by atoms with Gasteiger partial charge in [-0.25, -0.2) is 9.67 Å². The number of nitrogens with zero attached hydrogens (tertiary/aromatic N) is 3. The minimum atomic E-state index is 0.636. The van der Waals surface area contributed by atoms with E-state index in [4.69, 9.17) is 0 Å². The summed E-state index contributed by atoms with van der Waals surface area (Å²) in [4.78, 5) is 4.19. The van der Waals surface area contributed by atoms with Gasteiger partial charge in [-0.3, -0.25) is 0 Å². The first kappa shape index (κ1) is 9.98. The molecule has 1 atom stereocenters. The van der Waals surface area contributed by atoms with Gasteiger partial charge in [0.25, 0.3) is 0 Å². The van der Waals surface area contributed by atoms with E-state index in [-0.39, 0.29) is 0 Å². The van der Waals surface area contributed by atoms with Crippen LogP contribution < -0.4 is 5.32 Å². The maximum Gasteiger partial charge on any atom is 0.185 e. The van der Waals surface area contributed by atoms with Crippen LogP contribution in [-0.4, -0.2) is 33.6 Å². The van der Waals surface area contributed by atoms with Crippen molar-refractivity contribution in [1.82, 2.24) is 20.1 Å². The van der Waals surface area contributed by atoms with Crippen LogP contribution in [0.5, 0.6) is 0 Å². The van der Waals surface area contributed by atoms with Gasteiger partial charge in [0.05, 0.1) is 0 Å². The van der Waals surface area contributed by atoms with E-state index in [2.05, 4.69) is 15.4 Å². The molecule has 0 saturated heterocycles. The van der Waals surface area contributed by atoms with Crippen LogP contribution in [0.2, 0.25) is 0 Å². The summed E-state index contributed by atoms with van der Waals surface area (Å²) in [7, 11) is 3.97. The molecule has 0 amide bonds. The van der Waals surface area contributed by atoms with Crippen molar-refractivity contribution in [3.63, 3.8) is 0 Å². The van der Waals surface area contributed by atoms with Crippen LogP contribution in [0.1, 0.15) is 12.8 Å². The zero-order chi connectivity index (χ0) is 9.97.